The van der Waals surface area contributed by atoms with E-state index in [2.05, 4.69) is 6.58 Å². The van der Waals surface area contributed by atoms with Crippen LogP contribution in [-0.2, 0) is 25.5 Å². The Kier molecular flexibility index (Phi) is 6.29. The van der Waals surface area contributed by atoms with E-state index in [1.54, 1.807) is 25.1 Å². The highest BCUT2D eigenvalue weighted by molar-refractivity contribution is 5.86. The molecule has 0 spiro atoms. The Morgan fingerprint density at radius 1 is 1.25 bits per heavy atom. The van der Waals surface area contributed by atoms with Gasteiger partial charge in [-0.3, -0.25) is 4.79 Å². The summed E-state index contributed by atoms with van der Waals surface area (Å²) in [5.41, 5.74) is 7.39. The first-order valence-corrected chi connectivity index (χ1v) is 6.31. The fraction of sp³-hybridized carbons (Fsp3) is 0.333. The molecule has 5 nitrogen and oxygen atoms in total. The molecular weight excluding hydrogens is 258 g/mol. The van der Waals surface area contributed by atoms with Crippen LogP contribution in [0.4, 0.5) is 5.69 Å². The number of esters is 2. The number of carbonyl (C=O) groups is 2. The standard InChI is InChI=1S/C15H19NO4/c1-11(2)15(18)20-8-4-7-19-14(17)10-12-5-3-6-13(16)9-12/h3,5-6,9H,1,4,7-8,10,16H2,2H3. The highest BCUT2D eigenvalue weighted by Gasteiger charge is 2.06. The first-order valence-electron chi connectivity index (χ1n) is 6.31. The van der Waals surface area contributed by atoms with Gasteiger partial charge in [-0.05, 0) is 24.6 Å². The van der Waals surface area contributed by atoms with Crippen LogP contribution in [0.15, 0.2) is 36.4 Å². The molecule has 0 aliphatic carbocycles. The third-order valence-electron chi connectivity index (χ3n) is 2.43. The topological polar surface area (TPSA) is 78.6 Å². The van der Waals surface area contributed by atoms with Crippen molar-refractivity contribution >= 4 is 17.6 Å². The monoisotopic (exact) mass is 277 g/mol. The lowest BCUT2D eigenvalue weighted by atomic mass is 10.1. The number of rotatable bonds is 7. The Morgan fingerprint density at radius 3 is 2.60 bits per heavy atom. The molecule has 0 aliphatic heterocycles. The van der Waals surface area contributed by atoms with E-state index >= 15 is 0 Å². The molecule has 20 heavy (non-hydrogen) atoms. The number of nitrogens with two attached hydrogens (primary N) is 1. The fourth-order valence-corrected chi connectivity index (χ4v) is 1.45. The second-order valence-corrected chi connectivity index (χ2v) is 4.41. The minimum absolute atomic E-state index is 0.177. The minimum atomic E-state index is -0.434. The van der Waals surface area contributed by atoms with Crippen molar-refractivity contribution in [3.8, 4) is 0 Å². The summed E-state index contributed by atoms with van der Waals surface area (Å²) in [5, 5.41) is 0. The number of nitrogen functional groups attached to an aromatic ring is 1. The molecule has 0 atom stereocenters. The second kappa shape index (κ2) is 7.99. The van der Waals surface area contributed by atoms with Gasteiger partial charge >= 0.3 is 11.9 Å². The molecule has 0 aliphatic rings. The van der Waals surface area contributed by atoms with E-state index in [1.807, 2.05) is 6.07 Å². The van der Waals surface area contributed by atoms with Gasteiger partial charge in [0.15, 0.2) is 0 Å². The summed E-state index contributed by atoms with van der Waals surface area (Å²) >= 11 is 0. The molecule has 0 radical (unpaired) electrons. The molecule has 1 rings (SSSR count). The van der Waals surface area contributed by atoms with E-state index in [1.165, 1.54) is 0 Å². The van der Waals surface area contributed by atoms with Crippen LogP contribution >= 0.6 is 0 Å². The van der Waals surface area contributed by atoms with Crippen LogP contribution in [0.5, 0.6) is 0 Å². The maximum absolute atomic E-state index is 11.5. The predicted molar refractivity (Wildman–Crippen MR) is 75.9 cm³/mol. The van der Waals surface area contributed by atoms with Crippen molar-refractivity contribution in [3.63, 3.8) is 0 Å². The largest absolute Gasteiger partial charge is 0.465 e. The van der Waals surface area contributed by atoms with Crippen molar-refractivity contribution in [3.05, 3.63) is 42.0 Å². The number of carbonyl (C=O) groups excluding carboxylic acids is 2. The van der Waals surface area contributed by atoms with Crippen LogP contribution in [0.2, 0.25) is 0 Å². The summed E-state index contributed by atoms with van der Waals surface area (Å²) in [4.78, 5) is 22.6. The molecule has 1 aromatic carbocycles. The smallest absolute Gasteiger partial charge is 0.333 e. The molecule has 5 heteroatoms. The molecule has 0 aromatic heterocycles. The van der Waals surface area contributed by atoms with Gasteiger partial charge in [0.1, 0.15) is 0 Å². The zero-order valence-electron chi connectivity index (χ0n) is 11.6. The minimum Gasteiger partial charge on any atom is -0.465 e. The molecule has 108 valence electrons. The zero-order chi connectivity index (χ0) is 15.0. The predicted octanol–water partition coefficient (Wildman–Crippen LogP) is 1.86. The van der Waals surface area contributed by atoms with Crippen molar-refractivity contribution in [2.75, 3.05) is 18.9 Å². The molecular formula is C15H19NO4. The number of hydrogen-bond acceptors (Lipinski definition) is 5. The average Bonchev–Trinajstić information content (AvgIpc) is 2.37. The lowest BCUT2D eigenvalue weighted by molar-refractivity contribution is -0.144. The first kappa shape index (κ1) is 15.8. The second-order valence-electron chi connectivity index (χ2n) is 4.41. The van der Waals surface area contributed by atoms with E-state index in [0.717, 1.165) is 5.56 Å². The molecule has 0 saturated heterocycles. The van der Waals surface area contributed by atoms with E-state index in [0.29, 0.717) is 17.7 Å². The van der Waals surface area contributed by atoms with Gasteiger partial charge in [-0.1, -0.05) is 18.7 Å². The summed E-state index contributed by atoms with van der Waals surface area (Å²) in [6.45, 7) is 5.46. The van der Waals surface area contributed by atoms with E-state index in [4.69, 9.17) is 15.2 Å². The van der Waals surface area contributed by atoms with Gasteiger partial charge in [0.25, 0.3) is 0 Å². The van der Waals surface area contributed by atoms with Crippen LogP contribution < -0.4 is 5.73 Å². The summed E-state index contributed by atoms with van der Waals surface area (Å²) in [6, 6.07) is 7.09. The lowest BCUT2D eigenvalue weighted by Crippen LogP contribution is -2.12. The van der Waals surface area contributed by atoms with Crippen molar-refractivity contribution in [2.24, 2.45) is 0 Å². The summed E-state index contributed by atoms with van der Waals surface area (Å²) in [7, 11) is 0. The van der Waals surface area contributed by atoms with Gasteiger partial charge < -0.3 is 15.2 Å². The van der Waals surface area contributed by atoms with Crippen molar-refractivity contribution < 1.29 is 19.1 Å². The Hall–Kier alpha value is -2.30. The highest BCUT2D eigenvalue weighted by atomic mass is 16.5. The van der Waals surface area contributed by atoms with Crippen LogP contribution in [0.1, 0.15) is 18.9 Å². The maximum Gasteiger partial charge on any atom is 0.333 e. The van der Waals surface area contributed by atoms with Gasteiger partial charge in [0, 0.05) is 17.7 Å². The van der Waals surface area contributed by atoms with Gasteiger partial charge in [-0.15, -0.1) is 0 Å². The summed E-state index contributed by atoms with van der Waals surface area (Å²) < 4.78 is 9.91. The van der Waals surface area contributed by atoms with Crippen LogP contribution in [-0.4, -0.2) is 25.2 Å². The number of ether oxygens (including phenoxy) is 2. The fourth-order valence-electron chi connectivity index (χ4n) is 1.45. The zero-order valence-corrected chi connectivity index (χ0v) is 11.6. The molecule has 0 fully saturated rings. The van der Waals surface area contributed by atoms with Gasteiger partial charge in [0.2, 0.25) is 0 Å². The molecule has 0 saturated carbocycles. The van der Waals surface area contributed by atoms with Gasteiger partial charge in [-0.2, -0.15) is 0 Å². The SMILES string of the molecule is C=C(C)C(=O)OCCCOC(=O)Cc1cccc(N)c1. The average molecular weight is 277 g/mol. The highest BCUT2D eigenvalue weighted by Crippen LogP contribution is 2.07. The Balaban J connectivity index is 2.18. The van der Waals surface area contributed by atoms with E-state index in [-0.39, 0.29) is 25.6 Å². The lowest BCUT2D eigenvalue weighted by Gasteiger charge is -2.06. The van der Waals surface area contributed by atoms with Crippen LogP contribution in [0.3, 0.4) is 0 Å². The van der Waals surface area contributed by atoms with Crippen LogP contribution in [0, 0.1) is 0 Å². The number of anilines is 1. The quantitative estimate of drug-likeness (QED) is 0.356. The molecule has 0 bridgehead atoms. The molecule has 0 unspecified atom stereocenters. The van der Waals surface area contributed by atoms with Gasteiger partial charge in [0.05, 0.1) is 19.6 Å². The Bertz CT molecular complexity index is 496. The number of benzene rings is 1. The van der Waals surface area contributed by atoms with Gasteiger partial charge in [-0.25, -0.2) is 4.79 Å². The third-order valence-corrected chi connectivity index (χ3v) is 2.43. The van der Waals surface area contributed by atoms with Crippen molar-refractivity contribution in [1.82, 2.24) is 0 Å². The molecule has 0 amide bonds. The molecule has 1 aromatic rings. The maximum atomic E-state index is 11.5. The molecule has 0 heterocycles. The van der Waals surface area contributed by atoms with E-state index < -0.39 is 5.97 Å². The number of hydrogen-bond donors (Lipinski definition) is 1. The normalized spacial score (nSPS) is 9.85. The molecule has 2 N–H and O–H groups in total. The Morgan fingerprint density at radius 2 is 1.95 bits per heavy atom. The third kappa shape index (κ3) is 6.04. The summed E-state index contributed by atoms with van der Waals surface area (Å²) in [6.07, 6.45) is 0.637. The van der Waals surface area contributed by atoms with E-state index in [9.17, 15) is 9.59 Å². The summed E-state index contributed by atoms with van der Waals surface area (Å²) in [5.74, 6) is -0.766. The first-order chi connectivity index (χ1) is 9.49. The van der Waals surface area contributed by atoms with Crippen molar-refractivity contribution in [1.29, 1.82) is 0 Å². The van der Waals surface area contributed by atoms with Crippen LogP contribution in [0.25, 0.3) is 0 Å². The van der Waals surface area contributed by atoms with Crippen molar-refractivity contribution in [2.45, 2.75) is 19.8 Å². The Labute approximate surface area is 118 Å².